The smallest absolute Gasteiger partial charge is 0.234 e. The van der Waals surface area contributed by atoms with Gasteiger partial charge in [-0.05, 0) is 30.3 Å². The maximum Gasteiger partial charge on any atom is 0.234 e. The molecule has 5 nitrogen and oxygen atoms in total. The quantitative estimate of drug-likeness (QED) is 0.728. The van der Waals surface area contributed by atoms with Crippen molar-refractivity contribution < 1.29 is 14.3 Å². The number of hydrogen-bond donors (Lipinski definition) is 2. The number of thioether (sulfide) groups is 1. The third kappa shape index (κ3) is 6.16. The molecule has 0 heterocycles. The fourth-order valence-electron chi connectivity index (χ4n) is 1.95. The van der Waals surface area contributed by atoms with E-state index in [1.807, 2.05) is 6.07 Å². The second-order valence-corrected chi connectivity index (χ2v) is 6.74. The fraction of sp³-hybridized carbons (Fsp3) is 0.176. The lowest BCUT2D eigenvalue weighted by atomic mass is 10.3. The lowest BCUT2D eigenvalue weighted by molar-refractivity contribution is -0.114. The molecule has 0 spiro atoms. The van der Waals surface area contributed by atoms with Crippen LogP contribution < -0.4 is 15.4 Å². The second kappa shape index (κ2) is 9.56. The van der Waals surface area contributed by atoms with Gasteiger partial charge in [-0.15, -0.1) is 11.8 Å². The van der Waals surface area contributed by atoms with E-state index in [-0.39, 0.29) is 23.3 Å². The van der Waals surface area contributed by atoms with Crippen molar-refractivity contribution in [3.8, 4) is 5.75 Å². The number of halogens is 2. The lowest BCUT2D eigenvalue weighted by Crippen LogP contribution is -2.18. The van der Waals surface area contributed by atoms with Crippen molar-refractivity contribution in [2.75, 3.05) is 29.2 Å². The Balaban J connectivity index is 1.79. The van der Waals surface area contributed by atoms with Crippen LogP contribution in [0.3, 0.4) is 0 Å². The second-order valence-electron chi connectivity index (χ2n) is 4.91. The van der Waals surface area contributed by atoms with Crippen molar-refractivity contribution in [2.45, 2.75) is 0 Å². The maximum atomic E-state index is 12.0. The number of rotatable bonds is 7. The number of hydrogen-bond acceptors (Lipinski definition) is 4. The predicted octanol–water partition coefficient (Wildman–Crippen LogP) is 4.31. The summed E-state index contributed by atoms with van der Waals surface area (Å²) in [5.74, 6) is 0.341. The molecule has 0 bridgehead atoms. The molecule has 0 aliphatic carbocycles. The molecule has 8 heteroatoms. The number of nitrogens with one attached hydrogen (secondary N) is 2. The van der Waals surface area contributed by atoms with E-state index >= 15 is 0 Å². The summed E-state index contributed by atoms with van der Waals surface area (Å²) in [6, 6.07) is 11.9. The number of methoxy groups -OCH3 is 1. The average Bonchev–Trinajstić information content (AvgIpc) is 2.58. The van der Waals surface area contributed by atoms with Crippen LogP contribution in [0.2, 0.25) is 10.0 Å². The minimum atomic E-state index is -0.265. The van der Waals surface area contributed by atoms with Gasteiger partial charge in [-0.1, -0.05) is 35.3 Å². The normalized spacial score (nSPS) is 10.2. The highest BCUT2D eigenvalue weighted by Gasteiger charge is 2.10. The minimum Gasteiger partial charge on any atom is -0.495 e. The summed E-state index contributed by atoms with van der Waals surface area (Å²) in [4.78, 5) is 23.9. The zero-order valence-corrected chi connectivity index (χ0v) is 15.7. The molecule has 0 aliphatic rings. The zero-order chi connectivity index (χ0) is 18.2. The van der Waals surface area contributed by atoms with Gasteiger partial charge in [-0.25, -0.2) is 0 Å². The van der Waals surface area contributed by atoms with Crippen molar-refractivity contribution in [1.29, 1.82) is 0 Å². The molecule has 2 aromatic carbocycles. The van der Waals surface area contributed by atoms with E-state index in [1.54, 1.807) is 36.4 Å². The Hall–Kier alpha value is -1.89. The highest BCUT2D eigenvalue weighted by molar-refractivity contribution is 8.00. The fourth-order valence-corrected chi connectivity index (χ4v) is 2.90. The third-order valence-corrected chi connectivity index (χ3v) is 4.55. The first-order valence-corrected chi connectivity index (χ1v) is 9.16. The molecule has 0 atom stereocenters. The van der Waals surface area contributed by atoms with E-state index in [0.717, 1.165) is 0 Å². The summed E-state index contributed by atoms with van der Waals surface area (Å²) in [6.07, 6.45) is 0. The van der Waals surface area contributed by atoms with Crippen LogP contribution in [-0.2, 0) is 9.59 Å². The Morgan fingerprint density at radius 2 is 1.64 bits per heavy atom. The first kappa shape index (κ1) is 19.4. The Morgan fingerprint density at radius 1 is 1.00 bits per heavy atom. The van der Waals surface area contributed by atoms with Crippen LogP contribution in [-0.4, -0.2) is 30.4 Å². The molecule has 25 heavy (non-hydrogen) atoms. The van der Waals surface area contributed by atoms with Crippen molar-refractivity contribution in [1.82, 2.24) is 0 Å². The van der Waals surface area contributed by atoms with Crippen LogP contribution >= 0.6 is 35.0 Å². The molecule has 132 valence electrons. The maximum absolute atomic E-state index is 12.0. The van der Waals surface area contributed by atoms with Gasteiger partial charge in [-0.2, -0.15) is 0 Å². The van der Waals surface area contributed by atoms with E-state index in [4.69, 9.17) is 27.9 Å². The van der Waals surface area contributed by atoms with Crippen molar-refractivity contribution in [2.24, 2.45) is 0 Å². The van der Waals surface area contributed by atoms with E-state index in [9.17, 15) is 9.59 Å². The van der Waals surface area contributed by atoms with Crippen molar-refractivity contribution >= 4 is 58.2 Å². The summed E-state index contributed by atoms with van der Waals surface area (Å²) < 4.78 is 5.17. The van der Waals surface area contributed by atoms with Crippen LogP contribution in [0.4, 0.5) is 11.4 Å². The number of anilines is 2. The molecule has 0 aliphatic heterocycles. The number of benzene rings is 2. The lowest BCUT2D eigenvalue weighted by Gasteiger charge is -2.10. The molecule has 0 fully saturated rings. The van der Waals surface area contributed by atoms with Gasteiger partial charge in [0.15, 0.2) is 0 Å². The van der Waals surface area contributed by atoms with Crippen LogP contribution in [0.25, 0.3) is 0 Å². The Morgan fingerprint density at radius 3 is 2.32 bits per heavy atom. The molecule has 0 saturated heterocycles. The van der Waals surface area contributed by atoms with Gasteiger partial charge < -0.3 is 15.4 Å². The van der Waals surface area contributed by atoms with Gasteiger partial charge in [0.05, 0.1) is 35.0 Å². The molecule has 2 aromatic rings. The number of amides is 2. The Bertz CT molecular complexity index is 771. The average molecular weight is 399 g/mol. The zero-order valence-electron chi connectivity index (χ0n) is 13.3. The summed E-state index contributed by atoms with van der Waals surface area (Å²) in [5.41, 5.74) is 1.03. The largest absolute Gasteiger partial charge is 0.495 e. The molecule has 2 amide bonds. The van der Waals surface area contributed by atoms with Gasteiger partial charge >= 0.3 is 0 Å². The Labute approximate surface area is 160 Å². The van der Waals surface area contributed by atoms with E-state index in [0.29, 0.717) is 27.2 Å². The van der Waals surface area contributed by atoms with E-state index in [2.05, 4.69) is 10.6 Å². The van der Waals surface area contributed by atoms with Gasteiger partial charge in [0, 0.05) is 5.02 Å². The van der Waals surface area contributed by atoms with Crippen LogP contribution in [0, 0.1) is 0 Å². The first-order valence-electron chi connectivity index (χ1n) is 7.25. The molecule has 0 aromatic heterocycles. The summed E-state index contributed by atoms with van der Waals surface area (Å²) in [6.45, 7) is 0. The standard InChI is InChI=1S/C17H16Cl2N2O3S/c1-24-15-5-3-2-4-13(15)20-16(22)9-25-10-17(23)21-14-8-11(18)6-7-12(14)19/h2-8H,9-10H2,1H3,(H,20,22)(H,21,23). The molecular weight excluding hydrogens is 383 g/mol. The minimum absolute atomic E-state index is 0.113. The summed E-state index contributed by atoms with van der Waals surface area (Å²) in [5, 5.41) is 6.29. The van der Waals surface area contributed by atoms with Crippen molar-refractivity contribution in [3.05, 3.63) is 52.5 Å². The van der Waals surface area contributed by atoms with Gasteiger partial charge in [-0.3, -0.25) is 9.59 Å². The van der Waals surface area contributed by atoms with Gasteiger partial charge in [0.2, 0.25) is 11.8 Å². The molecule has 0 unspecified atom stereocenters. The van der Waals surface area contributed by atoms with Crippen LogP contribution in [0.1, 0.15) is 0 Å². The number of para-hydroxylation sites is 2. The molecule has 2 rings (SSSR count). The highest BCUT2D eigenvalue weighted by atomic mass is 35.5. The topological polar surface area (TPSA) is 67.4 Å². The first-order chi connectivity index (χ1) is 12.0. The van der Waals surface area contributed by atoms with Crippen LogP contribution in [0.5, 0.6) is 5.75 Å². The van der Waals surface area contributed by atoms with Gasteiger partial charge in [0.1, 0.15) is 5.75 Å². The number of carbonyl (C=O) groups excluding carboxylic acids is 2. The monoisotopic (exact) mass is 398 g/mol. The van der Waals surface area contributed by atoms with Crippen LogP contribution in [0.15, 0.2) is 42.5 Å². The summed E-state index contributed by atoms with van der Waals surface area (Å²) in [7, 11) is 1.53. The third-order valence-electron chi connectivity index (χ3n) is 3.05. The number of ether oxygens (including phenoxy) is 1. The SMILES string of the molecule is COc1ccccc1NC(=O)CSCC(=O)Nc1cc(Cl)ccc1Cl. The molecule has 0 radical (unpaired) electrons. The number of carbonyl (C=O) groups is 2. The molecule has 2 N–H and O–H groups in total. The van der Waals surface area contributed by atoms with Crippen molar-refractivity contribution in [3.63, 3.8) is 0 Å². The van der Waals surface area contributed by atoms with E-state index < -0.39 is 0 Å². The predicted molar refractivity (Wildman–Crippen MR) is 104 cm³/mol. The summed E-state index contributed by atoms with van der Waals surface area (Å²) >= 11 is 13.0. The highest BCUT2D eigenvalue weighted by Crippen LogP contribution is 2.26. The van der Waals surface area contributed by atoms with E-state index in [1.165, 1.54) is 18.9 Å². The van der Waals surface area contributed by atoms with Gasteiger partial charge in [0.25, 0.3) is 0 Å². The molecule has 0 saturated carbocycles. The molecular formula is C17H16Cl2N2O3S. The Kier molecular flexibility index (Phi) is 7.43.